The fraction of sp³-hybridized carbons (Fsp3) is 0.250. The molecule has 1 saturated carbocycles. The normalized spacial score (nSPS) is 14.2. The third kappa shape index (κ3) is 4.02. The Hall–Kier alpha value is -3.74. The van der Waals surface area contributed by atoms with E-state index in [0.717, 1.165) is 12.8 Å². The second-order valence-corrected chi connectivity index (χ2v) is 8.67. The van der Waals surface area contributed by atoms with Crippen molar-refractivity contribution in [1.82, 2.24) is 19.3 Å². The molecule has 0 amide bonds. The van der Waals surface area contributed by atoms with Crippen molar-refractivity contribution in [2.24, 2.45) is 5.92 Å². The van der Waals surface area contributed by atoms with Crippen molar-refractivity contribution >= 4 is 28.3 Å². The summed E-state index contributed by atoms with van der Waals surface area (Å²) in [5, 5.41) is 27.3. The van der Waals surface area contributed by atoms with Gasteiger partial charge in [0.1, 0.15) is 17.7 Å². The van der Waals surface area contributed by atoms with Gasteiger partial charge in [0, 0.05) is 29.0 Å². The van der Waals surface area contributed by atoms with Crippen molar-refractivity contribution in [2.45, 2.75) is 25.4 Å². The lowest BCUT2D eigenvalue weighted by Gasteiger charge is -2.17. The van der Waals surface area contributed by atoms with Gasteiger partial charge >= 0.3 is 0 Å². The second kappa shape index (κ2) is 8.89. The average molecular weight is 479 g/mol. The Morgan fingerprint density at radius 2 is 2.15 bits per heavy atom. The smallest absolute Gasteiger partial charge is 0.266 e. The van der Waals surface area contributed by atoms with Crippen molar-refractivity contribution in [3.8, 4) is 11.8 Å². The Bertz CT molecular complexity index is 1470. The summed E-state index contributed by atoms with van der Waals surface area (Å²) in [6.07, 6.45) is 6.46. The van der Waals surface area contributed by atoms with Crippen molar-refractivity contribution in [3.63, 3.8) is 0 Å². The zero-order valence-electron chi connectivity index (χ0n) is 17.9. The van der Waals surface area contributed by atoms with Crippen LogP contribution < -0.4 is 10.9 Å². The topological polar surface area (TPSA) is 109 Å². The minimum atomic E-state index is -0.452. The van der Waals surface area contributed by atoms with Crippen LogP contribution >= 0.6 is 11.6 Å². The summed E-state index contributed by atoms with van der Waals surface area (Å²) in [5.74, 6) is 0.406. The number of pyridine rings is 2. The molecule has 8 nitrogen and oxygen atoms in total. The number of aliphatic hydroxyl groups is 1. The van der Waals surface area contributed by atoms with Crippen LogP contribution in [-0.2, 0) is 6.54 Å². The summed E-state index contributed by atoms with van der Waals surface area (Å²) in [5.41, 5.74) is 1.01. The first-order chi connectivity index (χ1) is 16.5. The molecular formula is C24H20ClFN6O2. The highest BCUT2D eigenvalue weighted by atomic mass is 35.5. The van der Waals surface area contributed by atoms with Crippen LogP contribution in [0.3, 0.4) is 0 Å². The minimum absolute atomic E-state index is 0.0290. The van der Waals surface area contributed by atoms with Crippen LogP contribution in [0.15, 0.2) is 53.7 Å². The molecule has 1 fully saturated rings. The third-order valence-electron chi connectivity index (χ3n) is 6.06. The van der Waals surface area contributed by atoms with Crippen LogP contribution in [0.25, 0.3) is 16.6 Å². The Labute approximate surface area is 198 Å². The Balaban J connectivity index is 1.53. The number of aliphatic hydroxyl groups excluding tert-OH is 1. The standard InChI is InChI=1S/C24H20ClFN6O2/c25-18-2-1-3-19(26)17(18)12-32-21-6-7-31(24(34)16(21)11-29-32)22-8-23(28-10-15(22)9-27)30-20(13-33)14-4-5-14/h1-3,6-8,10-11,14,20,33H,4-5,12-13H2,(H,28,30)/t20-/m1/s1. The van der Waals surface area contributed by atoms with E-state index in [1.807, 2.05) is 0 Å². The number of halogens is 2. The summed E-state index contributed by atoms with van der Waals surface area (Å²) < 4.78 is 17.1. The predicted octanol–water partition coefficient (Wildman–Crippen LogP) is 3.48. The highest BCUT2D eigenvalue weighted by Gasteiger charge is 2.31. The van der Waals surface area contributed by atoms with Gasteiger partial charge in [0.25, 0.3) is 5.56 Å². The van der Waals surface area contributed by atoms with Crippen molar-refractivity contribution < 1.29 is 9.50 Å². The zero-order valence-corrected chi connectivity index (χ0v) is 18.7. The highest BCUT2D eigenvalue weighted by Crippen LogP contribution is 2.34. The van der Waals surface area contributed by atoms with E-state index in [1.165, 1.54) is 33.8 Å². The summed E-state index contributed by atoms with van der Waals surface area (Å²) in [6, 6.07) is 9.71. The lowest BCUT2D eigenvalue weighted by atomic mass is 10.2. The van der Waals surface area contributed by atoms with E-state index in [9.17, 15) is 19.6 Å². The molecular weight excluding hydrogens is 459 g/mol. The number of fused-ring (bicyclic) bond motifs is 1. The van der Waals surface area contributed by atoms with Crippen LogP contribution in [0.1, 0.15) is 24.0 Å². The molecule has 0 aliphatic heterocycles. The number of hydrogen-bond acceptors (Lipinski definition) is 6. The number of anilines is 1. The van der Waals surface area contributed by atoms with Gasteiger partial charge in [0.05, 0.1) is 47.5 Å². The van der Waals surface area contributed by atoms with Crippen LogP contribution in [0, 0.1) is 23.1 Å². The molecule has 0 unspecified atom stereocenters. The maximum Gasteiger partial charge on any atom is 0.266 e. The van der Waals surface area contributed by atoms with E-state index in [2.05, 4.69) is 21.5 Å². The molecule has 3 aromatic heterocycles. The first-order valence-corrected chi connectivity index (χ1v) is 11.2. The van der Waals surface area contributed by atoms with Gasteiger partial charge in [-0.05, 0) is 37.0 Å². The van der Waals surface area contributed by atoms with Crippen LogP contribution in [0.4, 0.5) is 10.2 Å². The third-order valence-corrected chi connectivity index (χ3v) is 6.42. The maximum absolute atomic E-state index is 14.2. The van der Waals surface area contributed by atoms with E-state index in [-0.39, 0.29) is 40.9 Å². The lowest BCUT2D eigenvalue weighted by molar-refractivity contribution is 0.263. The predicted molar refractivity (Wildman–Crippen MR) is 126 cm³/mol. The number of nitriles is 1. The van der Waals surface area contributed by atoms with E-state index >= 15 is 0 Å². The Morgan fingerprint density at radius 1 is 1.32 bits per heavy atom. The van der Waals surface area contributed by atoms with E-state index < -0.39 is 5.82 Å². The molecule has 0 saturated heterocycles. The minimum Gasteiger partial charge on any atom is -0.394 e. The quantitative estimate of drug-likeness (QED) is 0.421. The SMILES string of the molecule is N#Cc1cnc(N[C@H](CO)C2CC2)cc1-n1ccc2c(cnn2Cc2c(F)cccc2Cl)c1=O. The fourth-order valence-corrected chi connectivity index (χ4v) is 4.26. The van der Waals surface area contributed by atoms with Crippen molar-refractivity contribution in [2.75, 3.05) is 11.9 Å². The van der Waals surface area contributed by atoms with Gasteiger partial charge in [-0.15, -0.1) is 0 Å². The number of rotatable bonds is 7. The maximum atomic E-state index is 14.2. The van der Waals surface area contributed by atoms with Crippen LogP contribution in [0.2, 0.25) is 5.02 Å². The van der Waals surface area contributed by atoms with Gasteiger partial charge in [-0.3, -0.25) is 14.0 Å². The highest BCUT2D eigenvalue weighted by molar-refractivity contribution is 6.31. The molecule has 4 aromatic rings. The molecule has 1 aliphatic carbocycles. The van der Waals surface area contributed by atoms with Gasteiger partial charge in [0.2, 0.25) is 0 Å². The number of nitrogens with zero attached hydrogens (tertiary/aromatic N) is 5. The zero-order chi connectivity index (χ0) is 23.8. The molecule has 1 aromatic carbocycles. The summed E-state index contributed by atoms with van der Waals surface area (Å²) in [7, 11) is 0. The lowest BCUT2D eigenvalue weighted by Crippen LogP contribution is -2.27. The molecule has 0 bridgehead atoms. The fourth-order valence-electron chi connectivity index (χ4n) is 4.04. The van der Waals surface area contributed by atoms with Gasteiger partial charge < -0.3 is 10.4 Å². The van der Waals surface area contributed by atoms with Crippen molar-refractivity contribution in [3.05, 3.63) is 81.2 Å². The summed E-state index contributed by atoms with van der Waals surface area (Å²) in [6.45, 7) is 0.0355. The molecule has 2 N–H and O–H groups in total. The largest absolute Gasteiger partial charge is 0.394 e. The van der Waals surface area contributed by atoms with E-state index in [1.54, 1.807) is 24.4 Å². The van der Waals surface area contributed by atoms with Crippen LogP contribution in [0.5, 0.6) is 0 Å². The second-order valence-electron chi connectivity index (χ2n) is 8.26. The monoisotopic (exact) mass is 478 g/mol. The first kappa shape index (κ1) is 22.1. The van der Waals surface area contributed by atoms with E-state index in [4.69, 9.17) is 11.6 Å². The molecule has 10 heteroatoms. The molecule has 1 aliphatic rings. The summed E-state index contributed by atoms with van der Waals surface area (Å²) >= 11 is 6.15. The van der Waals surface area contributed by atoms with Gasteiger partial charge in [0.15, 0.2) is 0 Å². The molecule has 0 radical (unpaired) electrons. The molecule has 0 spiro atoms. The molecule has 172 valence electrons. The summed E-state index contributed by atoms with van der Waals surface area (Å²) in [4.78, 5) is 17.6. The number of nitrogens with one attached hydrogen (secondary N) is 1. The Morgan fingerprint density at radius 3 is 2.85 bits per heavy atom. The van der Waals surface area contributed by atoms with Crippen molar-refractivity contribution in [1.29, 1.82) is 5.26 Å². The molecule has 3 heterocycles. The molecule has 5 rings (SSSR count). The first-order valence-electron chi connectivity index (χ1n) is 10.8. The molecule has 1 atom stereocenters. The Kier molecular flexibility index (Phi) is 5.77. The number of aromatic nitrogens is 4. The van der Waals surface area contributed by atoms with Gasteiger partial charge in [-0.25, -0.2) is 9.37 Å². The van der Waals surface area contributed by atoms with Gasteiger partial charge in [-0.1, -0.05) is 17.7 Å². The average Bonchev–Trinajstić information content (AvgIpc) is 3.60. The number of hydrogen-bond donors (Lipinski definition) is 2. The van der Waals surface area contributed by atoms with Crippen LogP contribution in [-0.4, -0.2) is 37.1 Å². The van der Waals surface area contributed by atoms with E-state index in [0.29, 0.717) is 28.3 Å². The number of benzene rings is 1. The molecule has 34 heavy (non-hydrogen) atoms. The van der Waals surface area contributed by atoms with Gasteiger partial charge in [-0.2, -0.15) is 10.4 Å².